The van der Waals surface area contributed by atoms with Gasteiger partial charge in [-0.15, -0.1) is 0 Å². The minimum absolute atomic E-state index is 0.00620. The molecule has 3 N–H and O–H groups in total. The van der Waals surface area contributed by atoms with Gasteiger partial charge in [-0.05, 0) is 53.9 Å². The van der Waals surface area contributed by atoms with Crippen molar-refractivity contribution in [1.82, 2.24) is 10.6 Å². The molecular formula is C27H30N2O5. The molecule has 2 aromatic carbocycles. The lowest BCUT2D eigenvalue weighted by Crippen LogP contribution is -2.47. The van der Waals surface area contributed by atoms with E-state index in [-0.39, 0.29) is 36.4 Å². The third kappa shape index (κ3) is 4.52. The van der Waals surface area contributed by atoms with Gasteiger partial charge in [0.05, 0.1) is 5.92 Å². The standard InChI is InChI=1S/C27H30N2O5/c30-25(29-24-11-5-10-22(24)26(31)32)14-16-12-17(13-16)28-27(33)34-15-23-20-8-3-1-6-18(20)19-7-2-4-9-21(19)23/h1-4,6-9,16-17,22-24H,5,10-15H2,(H,28,33)(H,29,30)(H,31,32). The molecule has 3 aliphatic carbocycles. The van der Waals surface area contributed by atoms with Crippen molar-refractivity contribution in [3.8, 4) is 11.1 Å². The van der Waals surface area contributed by atoms with Crippen molar-refractivity contribution in [3.63, 3.8) is 0 Å². The molecule has 3 aliphatic rings. The Morgan fingerprint density at radius 2 is 1.56 bits per heavy atom. The van der Waals surface area contributed by atoms with Gasteiger partial charge >= 0.3 is 12.1 Å². The van der Waals surface area contributed by atoms with Crippen molar-refractivity contribution in [2.75, 3.05) is 6.61 Å². The molecule has 0 radical (unpaired) electrons. The van der Waals surface area contributed by atoms with Crippen LogP contribution in [-0.4, -0.2) is 41.8 Å². The van der Waals surface area contributed by atoms with Crippen LogP contribution in [0.1, 0.15) is 55.6 Å². The lowest BCUT2D eigenvalue weighted by Gasteiger charge is -2.35. The fourth-order valence-electron chi connectivity index (χ4n) is 5.78. The number of hydrogen-bond acceptors (Lipinski definition) is 4. The molecule has 178 valence electrons. The van der Waals surface area contributed by atoms with Gasteiger partial charge < -0.3 is 20.5 Å². The fraction of sp³-hybridized carbons (Fsp3) is 0.444. The van der Waals surface area contributed by atoms with Crippen molar-refractivity contribution in [3.05, 3.63) is 59.7 Å². The van der Waals surface area contributed by atoms with Gasteiger partial charge in [-0.3, -0.25) is 9.59 Å². The maximum absolute atomic E-state index is 12.4. The van der Waals surface area contributed by atoms with Crippen molar-refractivity contribution in [2.24, 2.45) is 11.8 Å². The average Bonchev–Trinajstić information content (AvgIpc) is 3.39. The molecule has 2 atom stereocenters. The second-order valence-electron chi connectivity index (χ2n) is 9.76. The number of aliphatic carboxylic acids is 1. The number of ether oxygens (including phenoxy) is 1. The van der Waals surface area contributed by atoms with Crippen LogP contribution in [0.3, 0.4) is 0 Å². The molecule has 0 spiro atoms. The first-order chi connectivity index (χ1) is 16.5. The molecule has 2 fully saturated rings. The quantitative estimate of drug-likeness (QED) is 0.576. The number of carboxylic acids is 1. The Morgan fingerprint density at radius 1 is 0.912 bits per heavy atom. The zero-order valence-corrected chi connectivity index (χ0v) is 19.0. The molecule has 0 aromatic heterocycles. The Bertz CT molecular complexity index is 1050. The predicted octanol–water partition coefficient (Wildman–Crippen LogP) is 4.06. The lowest BCUT2D eigenvalue weighted by molar-refractivity contribution is -0.142. The molecule has 34 heavy (non-hydrogen) atoms. The summed E-state index contributed by atoms with van der Waals surface area (Å²) in [5, 5.41) is 15.1. The number of amides is 2. The number of carbonyl (C=O) groups excluding carboxylic acids is 2. The molecule has 7 nitrogen and oxygen atoms in total. The summed E-state index contributed by atoms with van der Waals surface area (Å²) in [6.45, 7) is 0.282. The molecule has 2 aromatic rings. The number of rotatable bonds is 7. The van der Waals surface area contributed by atoms with E-state index >= 15 is 0 Å². The monoisotopic (exact) mass is 462 g/mol. The highest BCUT2D eigenvalue weighted by atomic mass is 16.5. The van der Waals surface area contributed by atoms with Crippen LogP contribution in [0, 0.1) is 11.8 Å². The average molecular weight is 463 g/mol. The molecule has 2 amide bonds. The van der Waals surface area contributed by atoms with Gasteiger partial charge in [0.1, 0.15) is 6.61 Å². The van der Waals surface area contributed by atoms with Crippen LogP contribution < -0.4 is 10.6 Å². The first-order valence-electron chi connectivity index (χ1n) is 12.1. The molecule has 0 bridgehead atoms. The highest BCUT2D eigenvalue weighted by molar-refractivity contribution is 5.80. The summed E-state index contributed by atoms with van der Waals surface area (Å²) in [7, 11) is 0. The summed E-state index contributed by atoms with van der Waals surface area (Å²) in [5.74, 6) is -1.18. The molecule has 0 heterocycles. The highest BCUT2D eigenvalue weighted by Gasteiger charge is 2.36. The summed E-state index contributed by atoms with van der Waals surface area (Å²) in [5.41, 5.74) is 4.75. The van der Waals surface area contributed by atoms with Crippen LogP contribution in [0.4, 0.5) is 4.79 Å². The first-order valence-corrected chi connectivity index (χ1v) is 12.1. The highest BCUT2D eigenvalue weighted by Crippen LogP contribution is 2.44. The van der Waals surface area contributed by atoms with Crippen LogP contribution in [0.5, 0.6) is 0 Å². The molecule has 2 saturated carbocycles. The topological polar surface area (TPSA) is 105 Å². The van der Waals surface area contributed by atoms with Crippen LogP contribution in [0.2, 0.25) is 0 Å². The normalized spacial score (nSPS) is 25.1. The van der Waals surface area contributed by atoms with Crippen LogP contribution in [-0.2, 0) is 14.3 Å². The van der Waals surface area contributed by atoms with Crippen LogP contribution in [0.25, 0.3) is 11.1 Å². The number of benzene rings is 2. The van der Waals surface area contributed by atoms with E-state index in [2.05, 4.69) is 34.9 Å². The minimum atomic E-state index is -0.834. The maximum Gasteiger partial charge on any atom is 0.407 e. The van der Waals surface area contributed by atoms with E-state index in [0.717, 1.165) is 25.7 Å². The van der Waals surface area contributed by atoms with E-state index in [1.807, 2.05) is 24.3 Å². The molecule has 5 rings (SSSR count). The molecule has 0 saturated heterocycles. The number of carbonyl (C=O) groups is 3. The van der Waals surface area contributed by atoms with Gasteiger partial charge in [-0.25, -0.2) is 4.79 Å². The molecule has 7 heteroatoms. The third-order valence-electron chi connectivity index (χ3n) is 7.55. The van der Waals surface area contributed by atoms with E-state index in [1.54, 1.807) is 0 Å². The van der Waals surface area contributed by atoms with Crippen molar-refractivity contribution in [1.29, 1.82) is 0 Å². The number of alkyl carbamates (subject to hydrolysis) is 1. The molecule has 2 unspecified atom stereocenters. The number of carboxylic acid groups (broad SMARTS) is 1. The SMILES string of the molecule is O=C(CC1CC(NC(=O)OCC2c3ccccc3-c3ccccc32)C1)NC1CCCC1C(=O)O. The van der Waals surface area contributed by atoms with E-state index in [1.165, 1.54) is 22.3 Å². The Kier molecular flexibility index (Phi) is 6.26. The van der Waals surface area contributed by atoms with E-state index < -0.39 is 18.0 Å². The van der Waals surface area contributed by atoms with Gasteiger partial charge in [0, 0.05) is 24.4 Å². The predicted molar refractivity (Wildman–Crippen MR) is 126 cm³/mol. The smallest absolute Gasteiger partial charge is 0.407 e. The van der Waals surface area contributed by atoms with Gasteiger partial charge in [0.25, 0.3) is 0 Å². The molecule has 0 aliphatic heterocycles. The number of nitrogens with one attached hydrogen (secondary N) is 2. The number of fused-ring (bicyclic) bond motifs is 3. The van der Waals surface area contributed by atoms with Gasteiger partial charge in [0.2, 0.25) is 5.91 Å². The minimum Gasteiger partial charge on any atom is -0.481 e. The van der Waals surface area contributed by atoms with Gasteiger partial charge in [0.15, 0.2) is 0 Å². The maximum atomic E-state index is 12.4. The Morgan fingerprint density at radius 3 is 2.21 bits per heavy atom. The van der Waals surface area contributed by atoms with Gasteiger partial charge in [-0.1, -0.05) is 55.0 Å². The van der Waals surface area contributed by atoms with Crippen molar-refractivity contribution < 1.29 is 24.2 Å². The fourth-order valence-corrected chi connectivity index (χ4v) is 5.78. The second kappa shape index (κ2) is 9.49. The Labute approximate surface area is 198 Å². The number of hydrogen-bond donors (Lipinski definition) is 3. The molecular weight excluding hydrogens is 432 g/mol. The summed E-state index contributed by atoms with van der Waals surface area (Å²) >= 11 is 0. The van der Waals surface area contributed by atoms with E-state index in [9.17, 15) is 19.5 Å². The zero-order chi connectivity index (χ0) is 23.7. The van der Waals surface area contributed by atoms with E-state index in [0.29, 0.717) is 12.8 Å². The summed E-state index contributed by atoms with van der Waals surface area (Å²) in [4.78, 5) is 36.0. The third-order valence-corrected chi connectivity index (χ3v) is 7.55. The van der Waals surface area contributed by atoms with Crippen LogP contribution in [0.15, 0.2) is 48.5 Å². The Hall–Kier alpha value is -3.35. The second-order valence-corrected chi connectivity index (χ2v) is 9.76. The zero-order valence-electron chi connectivity index (χ0n) is 19.0. The van der Waals surface area contributed by atoms with Crippen molar-refractivity contribution >= 4 is 18.0 Å². The van der Waals surface area contributed by atoms with Crippen molar-refractivity contribution in [2.45, 2.75) is 56.5 Å². The van der Waals surface area contributed by atoms with Crippen LogP contribution >= 0.6 is 0 Å². The van der Waals surface area contributed by atoms with Gasteiger partial charge in [-0.2, -0.15) is 0 Å². The lowest BCUT2D eigenvalue weighted by atomic mass is 9.78. The summed E-state index contributed by atoms with van der Waals surface area (Å²) in [6.07, 6.45) is 3.57. The van der Waals surface area contributed by atoms with E-state index in [4.69, 9.17) is 4.74 Å². The largest absolute Gasteiger partial charge is 0.481 e. The summed E-state index contributed by atoms with van der Waals surface area (Å²) in [6, 6.07) is 16.2. The Balaban J connectivity index is 1.06. The first kappa shape index (κ1) is 22.4. The summed E-state index contributed by atoms with van der Waals surface area (Å²) < 4.78 is 5.60.